The van der Waals surface area contributed by atoms with E-state index in [0.29, 0.717) is 17.2 Å². The van der Waals surface area contributed by atoms with Gasteiger partial charge < -0.3 is 10.4 Å². The molecule has 0 aromatic heterocycles. The third-order valence-electron chi connectivity index (χ3n) is 3.15. The van der Waals surface area contributed by atoms with Gasteiger partial charge in [0.25, 0.3) is 0 Å². The number of aliphatic carboxylic acids is 1. The Kier molecular flexibility index (Phi) is 8.23. The maximum absolute atomic E-state index is 11.9. The average Bonchev–Trinajstić information content (AvgIpc) is 2.51. The van der Waals surface area contributed by atoms with Gasteiger partial charge in [0.05, 0.1) is 18.7 Å². The highest BCUT2D eigenvalue weighted by Gasteiger charge is 2.18. The molecule has 2 N–H and O–H groups in total. The molecule has 0 aliphatic heterocycles. The molecule has 7 nitrogen and oxygen atoms in total. The molecule has 0 atom stereocenters. The summed E-state index contributed by atoms with van der Waals surface area (Å²) in [5.41, 5.74) is 1.54. The number of nitrogens with zero attached hydrogens (tertiary/aromatic N) is 1. The number of rotatable bonds is 10. The van der Waals surface area contributed by atoms with Crippen molar-refractivity contribution in [3.05, 3.63) is 29.8 Å². The van der Waals surface area contributed by atoms with E-state index in [1.807, 2.05) is 6.07 Å². The normalized spacial score (nSPS) is 11.5. The summed E-state index contributed by atoms with van der Waals surface area (Å²) >= 11 is 1.50. The van der Waals surface area contributed by atoms with Crippen molar-refractivity contribution in [2.24, 2.45) is 0 Å². The summed E-state index contributed by atoms with van der Waals surface area (Å²) in [5, 5.41) is 11.3. The van der Waals surface area contributed by atoms with Crippen LogP contribution in [0.5, 0.6) is 0 Å². The first kappa shape index (κ1) is 20.5. The lowest BCUT2D eigenvalue weighted by atomic mass is 10.2. The molecule has 9 heteroatoms. The Bertz CT molecular complexity index is 676. The predicted octanol–water partition coefficient (Wildman–Crippen LogP) is 1.61. The lowest BCUT2D eigenvalue weighted by molar-refractivity contribution is -0.136. The number of hydrogen-bond donors (Lipinski definition) is 2. The molecule has 1 amide bonds. The van der Waals surface area contributed by atoms with E-state index in [4.69, 9.17) is 5.11 Å². The van der Waals surface area contributed by atoms with Gasteiger partial charge in [-0.2, -0.15) is 16.1 Å². The van der Waals surface area contributed by atoms with E-state index in [1.165, 1.54) is 25.7 Å². The second kappa shape index (κ2) is 9.65. The lowest BCUT2D eigenvalue weighted by Crippen LogP contribution is -2.35. The molecule has 0 unspecified atom stereocenters. The smallest absolute Gasteiger partial charge is 0.304 e. The van der Waals surface area contributed by atoms with Gasteiger partial charge in [-0.1, -0.05) is 12.1 Å². The summed E-state index contributed by atoms with van der Waals surface area (Å²) in [5.74, 6) is -0.133. The molecule has 0 spiro atoms. The van der Waals surface area contributed by atoms with Crippen LogP contribution in [0.4, 0.5) is 5.69 Å². The van der Waals surface area contributed by atoms with Gasteiger partial charge in [0.2, 0.25) is 15.9 Å². The summed E-state index contributed by atoms with van der Waals surface area (Å²) in [7, 11) is -2.03. The fourth-order valence-corrected chi connectivity index (χ4v) is 3.44. The molecule has 1 aromatic rings. The minimum Gasteiger partial charge on any atom is -0.481 e. The molecular weight excluding hydrogens is 352 g/mol. The first-order chi connectivity index (χ1) is 11.2. The summed E-state index contributed by atoms with van der Waals surface area (Å²) in [6.07, 6.45) is 0.110. The summed E-state index contributed by atoms with van der Waals surface area (Å²) < 4.78 is 24.3. The number of benzene rings is 1. The van der Waals surface area contributed by atoms with Crippen molar-refractivity contribution in [3.63, 3.8) is 0 Å². The van der Waals surface area contributed by atoms with Crippen LogP contribution in [0, 0.1) is 0 Å². The SMILES string of the molecule is CCS(=O)(=O)N(C)CC(=O)Nc1cccc(CSCCC(=O)O)c1. The fraction of sp³-hybridized carbons (Fsp3) is 0.467. The molecule has 0 aliphatic carbocycles. The molecule has 24 heavy (non-hydrogen) atoms. The molecule has 1 aromatic carbocycles. The van der Waals surface area contributed by atoms with E-state index in [0.717, 1.165) is 9.87 Å². The Morgan fingerprint density at radius 1 is 1.33 bits per heavy atom. The fourth-order valence-electron chi connectivity index (χ4n) is 1.81. The van der Waals surface area contributed by atoms with Crippen molar-refractivity contribution in [2.75, 3.05) is 30.4 Å². The number of sulfonamides is 1. The number of carboxylic acid groups (broad SMARTS) is 1. The van der Waals surface area contributed by atoms with Gasteiger partial charge in [-0.05, 0) is 24.6 Å². The first-order valence-corrected chi connectivity index (χ1v) is 10.1. The van der Waals surface area contributed by atoms with Gasteiger partial charge in [0, 0.05) is 24.2 Å². The third-order valence-corrected chi connectivity index (χ3v) is 5.98. The predicted molar refractivity (Wildman–Crippen MR) is 95.6 cm³/mol. The van der Waals surface area contributed by atoms with E-state index >= 15 is 0 Å². The number of nitrogens with one attached hydrogen (secondary N) is 1. The largest absolute Gasteiger partial charge is 0.481 e. The van der Waals surface area contributed by atoms with Gasteiger partial charge in [-0.3, -0.25) is 9.59 Å². The van der Waals surface area contributed by atoms with E-state index in [9.17, 15) is 18.0 Å². The van der Waals surface area contributed by atoms with Crippen LogP contribution in [-0.2, 0) is 25.4 Å². The molecule has 0 fully saturated rings. The highest BCUT2D eigenvalue weighted by molar-refractivity contribution is 7.98. The minimum atomic E-state index is -3.39. The van der Waals surface area contributed by atoms with Crippen molar-refractivity contribution >= 4 is 39.3 Å². The zero-order chi connectivity index (χ0) is 18.2. The number of carbonyl (C=O) groups is 2. The third kappa shape index (κ3) is 7.33. The maximum atomic E-state index is 11.9. The Balaban J connectivity index is 2.54. The van der Waals surface area contributed by atoms with E-state index in [-0.39, 0.29) is 18.7 Å². The van der Waals surface area contributed by atoms with Crippen LogP contribution in [0.2, 0.25) is 0 Å². The second-order valence-corrected chi connectivity index (χ2v) is 8.57. The molecule has 134 valence electrons. The maximum Gasteiger partial charge on any atom is 0.304 e. The average molecular weight is 374 g/mol. The van der Waals surface area contributed by atoms with Gasteiger partial charge in [0.15, 0.2) is 0 Å². The van der Waals surface area contributed by atoms with Crippen LogP contribution in [0.3, 0.4) is 0 Å². The Hall–Kier alpha value is -1.58. The Labute approximate surface area is 146 Å². The van der Waals surface area contributed by atoms with Gasteiger partial charge in [-0.15, -0.1) is 0 Å². The number of hydrogen-bond acceptors (Lipinski definition) is 5. The number of carboxylic acids is 1. The van der Waals surface area contributed by atoms with Crippen LogP contribution >= 0.6 is 11.8 Å². The molecule has 0 aliphatic rings. The number of amides is 1. The van der Waals surface area contributed by atoms with Crippen LogP contribution in [0.25, 0.3) is 0 Å². The highest BCUT2D eigenvalue weighted by Crippen LogP contribution is 2.17. The number of thioether (sulfide) groups is 1. The van der Waals surface area contributed by atoms with Crippen LogP contribution in [0.1, 0.15) is 18.9 Å². The van der Waals surface area contributed by atoms with Gasteiger partial charge >= 0.3 is 5.97 Å². The highest BCUT2D eigenvalue weighted by atomic mass is 32.2. The standard InChI is InChI=1S/C15H22N2O5S2/c1-3-24(21,22)17(2)10-14(18)16-13-6-4-5-12(9-13)11-23-8-7-15(19)20/h4-6,9H,3,7-8,10-11H2,1-2H3,(H,16,18)(H,19,20). The topological polar surface area (TPSA) is 104 Å². The Morgan fingerprint density at radius 2 is 2.04 bits per heavy atom. The van der Waals surface area contributed by atoms with Crippen molar-refractivity contribution in [3.8, 4) is 0 Å². The van der Waals surface area contributed by atoms with E-state index in [1.54, 1.807) is 18.2 Å². The molecule has 0 heterocycles. The Morgan fingerprint density at radius 3 is 2.67 bits per heavy atom. The van der Waals surface area contributed by atoms with Crippen LogP contribution in [0.15, 0.2) is 24.3 Å². The zero-order valence-corrected chi connectivity index (χ0v) is 15.3. The quantitative estimate of drug-likeness (QED) is 0.603. The van der Waals surface area contributed by atoms with Crippen molar-refractivity contribution in [1.82, 2.24) is 4.31 Å². The van der Waals surface area contributed by atoms with Crippen LogP contribution < -0.4 is 5.32 Å². The van der Waals surface area contributed by atoms with Crippen molar-refractivity contribution in [1.29, 1.82) is 0 Å². The molecule has 0 saturated carbocycles. The molecule has 0 saturated heterocycles. The summed E-state index contributed by atoms with van der Waals surface area (Å²) in [4.78, 5) is 22.4. The van der Waals surface area contributed by atoms with Gasteiger partial charge in [0.1, 0.15) is 0 Å². The summed E-state index contributed by atoms with van der Waals surface area (Å²) in [6, 6.07) is 7.18. The molecule has 0 bridgehead atoms. The lowest BCUT2D eigenvalue weighted by Gasteiger charge is -2.15. The number of likely N-dealkylation sites (N-methyl/N-ethyl adjacent to an activating group) is 1. The number of carbonyl (C=O) groups excluding carboxylic acids is 1. The molecule has 1 rings (SSSR count). The van der Waals surface area contributed by atoms with E-state index < -0.39 is 21.9 Å². The minimum absolute atomic E-state index is 0.0557. The molecule has 0 radical (unpaired) electrons. The van der Waals surface area contributed by atoms with Gasteiger partial charge in [-0.25, -0.2) is 8.42 Å². The van der Waals surface area contributed by atoms with Crippen molar-refractivity contribution < 1.29 is 23.1 Å². The monoisotopic (exact) mass is 374 g/mol. The second-order valence-electron chi connectivity index (χ2n) is 5.10. The van der Waals surface area contributed by atoms with Crippen molar-refractivity contribution in [2.45, 2.75) is 19.1 Å². The summed E-state index contributed by atoms with van der Waals surface area (Å²) in [6.45, 7) is 1.28. The number of anilines is 1. The first-order valence-electron chi connectivity index (χ1n) is 7.37. The molecular formula is C15H22N2O5S2. The zero-order valence-electron chi connectivity index (χ0n) is 13.7. The van der Waals surface area contributed by atoms with Crippen LogP contribution in [-0.4, -0.2) is 54.8 Å². The van der Waals surface area contributed by atoms with E-state index in [2.05, 4.69) is 5.32 Å².